The van der Waals surface area contributed by atoms with Gasteiger partial charge in [0.05, 0.1) is 21.2 Å². The van der Waals surface area contributed by atoms with Gasteiger partial charge in [-0.2, -0.15) is 10.5 Å². The first-order valence-electron chi connectivity index (χ1n) is 5.28. The van der Waals surface area contributed by atoms with Gasteiger partial charge in [0.15, 0.2) is 5.82 Å². The second-order valence-corrected chi connectivity index (χ2v) is 4.87. The molecule has 0 aliphatic rings. The highest BCUT2D eigenvalue weighted by Crippen LogP contribution is 2.31. The molecule has 1 N–H and O–H groups in total. The van der Waals surface area contributed by atoms with Crippen LogP contribution in [-0.2, 0) is 0 Å². The summed E-state index contributed by atoms with van der Waals surface area (Å²) in [5.74, 6) is 0.315. The Morgan fingerprint density at radius 1 is 0.950 bits per heavy atom. The Balaban J connectivity index is 2.39. The third-order valence-electron chi connectivity index (χ3n) is 2.41. The summed E-state index contributed by atoms with van der Waals surface area (Å²) in [5, 5.41) is 21.4. The molecule has 0 aliphatic heterocycles. The van der Waals surface area contributed by atoms with Crippen molar-refractivity contribution in [2.24, 2.45) is 0 Å². The van der Waals surface area contributed by atoms with E-state index in [4.69, 9.17) is 45.3 Å². The minimum Gasteiger partial charge on any atom is -0.339 e. The molecule has 0 atom stereocenters. The first-order valence-corrected chi connectivity index (χ1v) is 6.41. The summed E-state index contributed by atoms with van der Waals surface area (Å²) < 4.78 is 0. The third kappa shape index (κ3) is 2.95. The molecule has 0 spiro atoms. The molecule has 0 radical (unpaired) electrons. The molecule has 7 heteroatoms. The second-order valence-electron chi connectivity index (χ2n) is 3.70. The number of halogens is 3. The average Bonchev–Trinajstić information content (AvgIpc) is 2.44. The van der Waals surface area contributed by atoms with Gasteiger partial charge >= 0.3 is 0 Å². The summed E-state index contributed by atoms with van der Waals surface area (Å²) in [7, 11) is 0. The average molecular weight is 324 g/mol. The zero-order valence-corrected chi connectivity index (χ0v) is 12.1. The van der Waals surface area contributed by atoms with Crippen LogP contribution in [0, 0.1) is 22.7 Å². The van der Waals surface area contributed by atoms with Gasteiger partial charge in [0.2, 0.25) is 0 Å². The van der Waals surface area contributed by atoms with Crippen LogP contribution >= 0.6 is 34.8 Å². The number of rotatable bonds is 2. The molecule has 0 saturated carbocycles. The maximum Gasteiger partial charge on any atom is 0.151 e. The Hall–Kier alpha value is -1.98. The Morgan fingerprint density at radius 3 is 2.30 bits per heavy atom. The molecular formula is C13H5Cl3N4. The lowest BCUT2D eigenvalue weighted by atomic mass is 10.1. The highest BCUT2D eigenvalue weighted by Gasteiger charge is 2.09. The summed E-state index contributed by atoms with van der Waals surface area (Å²) >= 11 is 17.6. The number of nitrogens with one attached hydrogen (secondary N) is 1. The zero-order valence-electron chi connectivity index (χ0n) is 9.78. The summed E-state index contributed by atoms with van der Waals surface area (Å²) in [4.78, 5) is 4.01. The summed E-state index contributed by atoms with van der Waals surface area (Å²) in [5.41, 5.74) is 1.12. The SMILES string of the molecule is N#Cc1ccc(Nc2nc(Cl)c(Cl)cc2Cl)cc1C#N. The fraction of sp³-hybridized carbons (Fsp3) is 0. The van der Waals surface area contributed by atoms with E-state index < -0.39 is 0 Å². The van der Waals surface area contributed by atoms with Crippen LogP contribution in [-0.4, -0.2) is 4.98 Å². The van der Waals surface area contributed by atoms with Crippen LogP contribution in [0.25, 0.3) is 0 Å². The lowest BCUT2D eigenvalue weighted by Crippen LogP contribution is -1.96. The number of anilines is 2. The number of nitrogens with zero attached hydrogens (tertiary/aromatic N) is 3. The maximum absolute atomic E-state index is 8.97. The molecule has 1 heterocycles. The topological polar surface area (TPSA) is 72.5 Å². The minimum absolute atomic E-state index is 0.118. The van der Waals surface area contributed by atoms with E-state index in [0.717, 1.165) is 0 Å². The first kappa shape index (κ1) is 14.4. The van der Waals surface area contributed by atoms with E-state index in [1.165, 1.54) is 18.2 Å². The molecule has 0 fully saturated rings. The van der Waals surface area contributed by atoms with Gasteiger partial charge in [0.1, 0.15) is 17.3 Å². The van der Waals surface area contributed by atoms with Gasteiger partial charge in [-0.25, -0.2) is 4.98 Å². The number of pyridine rings is 1. The normalized spacial score (nSPS) is 9.65. The molecular weight excluding hydrogens is 319 g/mol. The van der Waals surface area contributed by atoms with E-state index in [-0.39, 0.29) is 15.7 Å². The minimum atomic E-state index is 0.118. The van der Waals surface area contributed by atoms with Crippen molar-refractivity contribution in [3.63, 3.8) is 0 Å². The molecule has 0 unspecified atom stereocenters. The largest absolute Gasteiger partial charge is 0.339 e. The number of aromatic nitrogens is 1. The van der Waals surface area contributed by atoms with E-state index in [2.05, 4.69) is 10.3 Å². The van der Waals surface area contributed by atoms with E-state index >= 15 is 0 Å². The Morgan fingerprint density at radius 2 is 1.65 bits per heavy atom. The van der Waals surface area contributed by atoms with Crippen LogP contribution in [0.1, 0.15) is 11.1 Å². The number of nitriles is 2. The summed E-state index contributed by atoms with van der Waals surface area (Å²) in [6.07, 6.45) is 0. The van der Waals surface area contributed by atoms with Gasteiger partial charge in [-0.1, -0.05) is 34.8 Å². The quantitative estimate of drug-likeness (QED) is 0.824. The van der Waals surface area contributed by atoms with E-state index in [9.17, 15) is 0 Å². The zero-order chi connectivity index (χ0) is 14.7. The monoisotopic (exact) mass is 322 g/mol. The number of hydrogen-bond donors (Lipinski definition) is 1. The van der Waals surface area contributed by atoms with Crippen LogP contribution in [0.15, 0.2) is 24.3 Å². The van der Waals surface area contributed by atoms with Crippen molar-refractivity contribution in [2.75, 3.05) is 5.32 Å². The van der Waals surface area contributed by atoms with Crippen LogP contribution in [0.5, 0.6) is 0 Å². The van der Waals surface area contributed by atoms with Crippen molar-refractivity contribution in [1.29, 1.82) is 10.5 Å². The van der Waals surface area contributed by atoms with Crippen LogP contribution < -0.4 is 5.32 Å². The third-order valence-corrected chi connectivity index (χ3v) is 3.37. The van der Waals surface area contributed by atoms with Crippen molar-refractivity contribution in [3.8, 4) is 12.1 Å². The van der Waals surface area contributed by atoms with E-state index in [0.29, 0.717) is 22.1 Å². The molecule has 2 aromatic rings. The molecule has 0 amide bonds. The van der Waals surface area contributed by atoms with Crippen molar-refractivity contribution in [1.82, 2.24) is 4.98 Å². The fourth-order valence-corrected chi connectivity index (χ4v) is 2.03. The van der Waals surface area contributed by atoms with Crippen molar-refractivity contribution in [3.05, 3.63) is 50.6 Å². The molecule has 2 rings (SSSR count). The molecule has 20 heavy (non-hydrogen) atoms. The molecule has 0 bridgehead atoms. The smallest absolute Gasteiger partial charge is 0.151 e. The van der Waals surface area contributed by atoms with Gasteiger partial charge in [-0.15, -0.1) is 0 Å². The maximum atomic E-state index is 8.97. The number of benzene rings is 1. The van der Waals surface area contributed by atoms with Crippen molar-refractivity contribution < 1.29 is 0 Å². The first-order chi connectivity index (χ1) is 9.55. The van der Waals surface area contributed by atoms with Gasteiger partial charge in [0, 0.05) is 5.69 Å². The molecule has 1 aromatic carbocycles. The molecule has 98 valence electrons. The predicted molar refractivity (Wildman–Crippen MR) is 78.4 cm³/mol. The van der Waals surface area contributed by atoms with Gasteiger partial charge in [-0.3, -0.25) is 0 Å². The van der Waals surface area contributed by atoms with Gasteiger partial charge < -0.3 is 5.32 Å². The Kier molecular flexibility index (Phi) is 4.32. The second kappa shape index (κ2) is 5.98. The predicted octanol–water partition coefficient (Wildman–Crippen LogP) is 4.53. The standard InChI is InChI=1S/C13H5Cl3N4/c14-10-4-11(15)13(20-12(10)16)19-9-2-1-7(5-17)8(3-9)6-18/h1-4H,(H,19,20). The molecule has 4 nitrogen and oxygen atoms in total. The lowest BCUT2D eigenvalue weighted by molar-refractivity contribution is 1.30. The van der Waals surface area contributed by atoms with E-state index in [1.807, 2.05) is 12.1 Å². The van der Waals surface area contributed by atoms with Gasteiger partial charge in [-0.05, 0) is 24.3 Å². The molecule has 1 aromatic heterocycles. The van der Waals surface area contributed by atoms with Crippen LogP contribution in [0.4, 0.5) is 11.5 Å². The Bertz CT molecular complexity index is 759. The van der Waals surface area contributed by atoms with Crippen molar-refractivity contribution >= 4 is 46.3 Å². The van der Waals surface area contributed by atoms with E-state index in [1.54, 1.807) is 6.07 Å². The molecule has 0 saturated heterocycles. The van der Waals surface area contributed by atoms with Crippen LogP contribution in [0.3, 0.4) is 0 Å². The fourth-order valence-electron chi connectivity index (χ4n) is 1.48. The Labute approximate surface area is 130 Å². The number of hydrogen-bond acceptors (Lipinski definition) is 4. The van der Waals surface area contributed by atoms with Crippen molar-refractivity contribution in [2.45, 2.75) is 0 Å². The highest BCUT2D eigenvalue weighted by molar-refractivity contribution is 6.43. The lowest BCUT2D eigenvalue weighted by Gasteiger charge is -2.09. The van der Waals surface area contributed by atoms with Gasteiger partial charge in [0.25, 0.3) is 0 Å². The summed E-state index contributed by atoms with van der Waals surface area (Å²) in [6, 6.07) is 10.0. The summed E-state index contributed by atoms with van der Waals surface area (Å²) in [6.45, 7) is 0. The molecule has 0 aliphatic carbocycles. The highest BCUT2D eigenvalue weighted by atomic mass is 35.5. The van der Waals surface area contributed by atoms with Crippen LogP contribution in [0.2, 0.25) is 15.2 Å².